The highest BCUT2D eigenvalue weighted by molar-refractivity contribution is 6.07. The van der Waals surface area contributed by atoms with Gasteiger partial charge in [-0.05, 0) is 59.2 Å². The van der Waals surface area contributed by atoms with Gasteiger partial charge in [0.05, 0.1) is 5.56 Å². The molecule has 31 heavy (non-hydrogen) atoms. The number of alkyl halides is 3. The van der Waals surface area contributed by atoms with Crippen molar-refractivity contribution in [3.8, 4) is 11.1 Å². The number of halogens is 3. The average molecular weight is 421 g/mol. The summed E-state index contributed by atoms with van der Waals surface area (Å²) in [6.45, 7) is 3.37. The number of amides is 1. The van der Waals surface area contributed by atoms with Gasteiger partial charge < -0.3 is 5.32 Å². The summed E-state index contributed by atoms with van der Waals surface area (Å²) in [5, 5.41) is 2.58. The summed E-state index contributed by atoms with van der Waals surface area (Å²) in [6, 6.07) is 18.2. The first-order chi connectivity index (χ1) is 14.8. The van der Waals surface area contributed by atoms with Crippen LogP contribution >= 0.6 is 0 Å². The Balaban J connectivity index is 1.87. The number of carbonyl (C=O) groups excluding carboxylic acids is 2. The SMILES string of the molecule is C=CC(=O)Nc1ccc(C(=O)C=Cc2ccccc2-c2ccccc2C(F)(F)F)cc1. The molecule has 0 heterocycles. The van der Waals surface area contributed by atoms with Crippen molar-refractivity contribution in [3.05, 3.63) is 108 Å². The van der Waals surface area contributed by atoms with Crippen molar-refractivity contribution in [2.45, 2.75) is 6.18 Å². The van der Waals surface area contributed by atoms with Crippen LogP contribution in [-0.4, -0.2) is 11.7 Å². The van der Waals surface area contributed by atoms with Gasteiger partial charge in [-0.15, -0.1) is 0 Å². The van der Waals surface area contributed by atoms with Crippen LogP contribution in [0.3, 0.4) is 0 Å². The summed E-state index contributed by atoms with van der Waals surface area (Å²) >= 11 is 0. The van der Waals surface area contributed by atoms with Crippen LogP contribution in [0.5, 0.6) is 0 Å². The molecule has 3 aromatic rings. The van der Waals surface area contributed by atoms with E-state index in [2.05, 4.69) is 11.9 Å². The van der Waals surface area contributed by atoms with Crippen LogP contribution in [0.2, 0.25) is 0 Å². The molecule has 0 radical (unpaired) electrons. The predicted molar refractivity (Wildman–Crippen MR) is 116 cm³/mol. The molecule has 3 rings (SSSR count). The quantitative estimate of drug-likeness (QED) is 0.370. The van der Waals surface area contributed by atoms with Crippen LogP contribution < -0.4 is 5.32 Å². The van der Waals surface area contributed by atoms with Gasteiger partial charge in [0, 0.05) is 11.3 Å². The summed E-state index contributed by atoms with van der Waals surface area (Å²) in [6.07, 6.45) is -0.549. The third kappa shape index (κ3) is 5.36. The van der Waals surface area contributed by atoms with E-state index in [4.69, 9.17) is 0 Å². The molecular weight excluding hydrogens is 403 g/mol. The Hall–Kier alpha value is -3.93. The first kappa shape index (κ1) is 21.8. The zero-order chi connectivity index (χ0) is 22.4. The number of hydrogen-bond acceptors (Lipinski definition) is 2. The number of allylic oxidation sites excluding steroid dienone is 1. The molecule has 3 aromatic carbocycles. The number of anilines is 1. The lowest BCUT2D eigenvalue weighted by Gasteiger charge is -2.14. The second-order valence-electron chi connectivity index (χ2n) is 6.60. The maximum atomic E-state index is 13.4. The number of carbonyl (C=O) groups is 2. The summed E-state index contributed by atoms with van der Waals surface area (Å²) < 4.78 is 40.3. The Morgan fingerprint density at radius 2 is 1.45 bits per heavy atom. The molecule has 0 bridgehead atoms. The van der Waals surface area contributed by atoms with Crippen LogP contribution in [0, 0.1) is 0 Å². The van der Waals surface area contributed by atoms with Crippen LogP contribution in [-0.2, 0) is 11.0 Å². The van der Waals surface area contributed by atoms with Crippen LogP contribution in [0.15, 0.2) is 91.5 Å². The fraction of sp³-hybridized carbons (Fsp3) is 0.0400. The van der Waals surface area contributed by atoms with E-state index in [0.717, 1.165) is 12.1 Å². The Bertz CT molecular complexity index is 1150. The molecule has 1 amide bonds. The van der Waals surface area contributed by atoms with Crippen LogP contribution in [0.1, 0.15) is 21.5 Å². The minimum atomic E-state index is -4.49. The topological polar surface area (TPSA) is 46.2 Å². The van der Waals surface area contributed by atoms with Crippen LogP contribution in [0.4, 0.5) is 18.9 Å². The molecule has 0 spiro atoms. The highest BCUT2D eigenvalue weighted by Gasteiger charge is 2.33. The van der Waals surface area contributed by atoms with Gasteiger partial charge >= 0.3 is 6.18 Å². The summed E-state index contributed by atoms with van der Waals surface area (Å²) in [5.41, 5.74) is 1.06. The van der Waals surface area contributed by atoms with Gasteiger partial charge in [-0.3, -0.25) is 9.59 Å². The standard InChI is InChI=1S/C25H18F3NO2/c1-2-24(31)29-19-14-11-18(12-15-19)23(30)16-13-17-7-3-4-8-20(17)21-9-5-6-10-22(21)25(26,27)28/h2-16H,1H2,(H,29,31). The number of hydrogen-bond donors (Lipinski definition) is 1. The van der Waals surface area contributed by atoms with Gasteiger partial charge in [-0.1, -0.05) is 55.1 Å². The van der Waals surface area contributed by atoms with Crippen LogP contribution in [0.25, 0.3) is 17.2 Å². The molecule has 0 aliphatic rings. The third-order valence-electron chi connectivity index (χ3n) is 4.52. The Morgan fingerprint density at radius 1 is 0.839 bits per heavy atom. The van der Waals surface area contributed by atoms with E-state index < -0.39 is 11.7 Å². The van der Waals surface area contributed by atoms with E-state index in [-0.39, 0.29) is 17.3 Å². The molecule has 0 saturated carbocycles. The lowest BCUT2D eigenvalue weighted by molar-refractivity contribution is -0.137. The Labute approximate surface area is 177 Å². The summed E-state index contributed by atoms with van der Waals surface area (Å²) in [5.74, 6) is -0.685. The highest BCUT2D eigenvalue weighted by atomic mass is 19.4. The molecule has 0 aliphatic heterocycles. The Kier molecular flexibility index (Phi) is 6.50. The molecule has 0 unspecified atom stereocenters. The minimum absolute atomic E-state index is 0.0463. The molecule has 3 nitrogen and oxygen atoms in total. The van der Waals surface area contributed by atoms with E-state index in [1.807, 2.05) is 0 Å². The van der Waals surface area contributed by atoms with Crippen molar-refractivity contribution in [1.82, 2.24) is 0 Å². The van der Waals surface area contributed by atoms with Crippen molar-refractivity contribution >= 4 is 23.5 Å². The molecule has 6 heteroatoms. The maximum absolute atomic E-state index is 13.4. The predicted octanol–water partition coefficient (Wildman–Crippen LogP) is 6.39. The molecule has 0 saturated heterocycles. The minimum Gasteiger partial charge on any atom is -0.323 e. The first-order valence-electron chi connectivity index (χ1n) is 9.31. The fourth-order valence-corrected chi connectivity index (χ4v) is 3.03. The van der Waals surface area contributed by atoms with E-state index >= 15 is 0 Å². The van der Waals surface area contributed by atoms with Crippen molar-refractivity contribution in [2.75, 3.05) is 5.32 Å². The van der Waals surface area contributed by atoms with Gasteiger partial charge in [0.1, 0.15) is 0 Å². The first-order valence-corrected chi connectivity index (χ1v) is 9.31. The van der Waals surface area contributed by atoms with Crippen molar-refractivity contribution in [1.29, 1.82) is 0 Å². The molecular formula is C25H18F3NO2. The lowest BCUT2D eigenvalue weighted by atomic mass is 9.94. The molecule has 1 N–H and O–H groups in total. The van der Waals surface area contributed by atoms with E-state index in [1.165, 1.54) is 24.3 Å². The molecule has 0 aromatic heterocycles. The normalized spacial score (nSPS) is 11.3. The van der Waals surface area contributed by atoms with E-state index in [0.29, 0.717) is 22.4 Å². The molecule has 0 aliphatic carbocycles. The third-order valence-corrected chi connectivity index (χ3v) is 4.52. The zero-order valence-corrected chi connectivity index (χ0v) is 16.3. The van der Waals surface area contributed by atoms with Gasteiger partial charge in [-0.25, -0.2) is 0 Å². The number of rotatable bonds is 6. The molecule has 156 valence electrons. The number of ketones is 1. The number of nitrogens with one attached hydrogen (secondary N) is 1. The lowest BCUT2D eigenvalue weighted by Crippen LogP contribution is -2.07. The molecule has 0 atom stereocenters. The largest absolute Gasteiger partial charge is 0.417 e. The van der Waals surface area contributed by atoms with Gasteiger partial charge in [-0.2, -0.15) is 13.2 Å². The molecule has 0 fully saturated rings. The maximum Gasteiger partial charge on any atom is 0.417 e. The monoisotopic (exact) mass is 421 g/mol. The van der Waals surface area contributed by atoms with Crippen molar-refractivity contribution < 1.29 is 22.8 Å². The second kappa shape index (κ2) is 9.26. The number of benzene rings is 3. The zero-order valence-electron chi connectivity index (χ0n) is 16.3. The fourth-order valence-electron chi connectivity index (χ4n) is 3.03. The summed E-state index contributed by atoms with van der Waals surface area (Å²) in [4.78, 5) is 23.8. The van der Waals surface area contributed by atoms with Gasteiger partial charge in [0.15, 0.2) is 5.78 Å². The van der Waals surface area contributed by atoms with Crippen molar-refractivity contribution in [2.24, 2.45) is 0 Å². The average Bonchev–Trinajstić information content (AvgIpc) is 2.77. The van der Waals surface area contributed by atoms with E-state index in [9.17, 15) is 22.8 Å². The highest BCUT2D eigenvalue weighted by Crippen LogP contribution is 2.38. The summed E-state index contributed by atoms with van der Waals surface area (Å²) in [7, 11) is 0. The Morgan fingerprint density at radius 3 is 2.10 bits per heavy atom. The second-order valence-corrected chi connectivity index (χ2v) is 6.60. The van der Waals surface area contributed by atoms with E-state index in [1.54, 1.807) is 54.6 Å². The van der Waals surface area contributed by atoms with Crippen molar-refractivity contribution in [3.63, 3.8) is 0 Å². The smallest absolute Gasteiger partial charge is 0.323 e. The van der Waals surface area contributed by atoms with Gasteiger partial charge in [0.25, 0.3) is 0 Å². The van der Waals surface area contributed by atoms with Gasteiger partial charge in [0.2, 0.25) is 5.91 Å².